The van der Waals surface area contributed by atoms with Crippen molar-refractivity contribution in [2.45, 2.75) is 10.8 Å². The molecule has 1 rings (SSSR count). The fraction of sp³-hybridized carbons (Fsp3) is 0.333. The van der Waals surface area contributed by atoms with Gasteiger partial charge in [-0.05, 0) is 13.1 Å². The lowest BCUT2D eigenvalue weighted by Crippen LogP contribution is -2.17. The summed E-state index contributed by atoms with van der Waals surface area (Å²) < 4.78 is 24.5. The zero-order valence-electron chi connectivity index (χ0n) is 6.46. The minimum atomic E-state index is -3.33. The van der Waals surface area contributed by atoms with Gasteiger partial charge in [-0.2, -0.15) is 0 Å². The van der Waals surface area contributed by atoms with E-state index in [1.54, 1.807) is 0 Å². The van der Waals surface area contributed by atoms with Gasteiger partial charge in [0, 0.05) is 11.9 Å². The predicted octanol–water partition coefficient (Wildman–Crippen LogP) is 0.662. The molecule has 0 saturated carbocycles. The third kappa shape index (κ3) is 1.80. The third-order valence-corrected chi connectivity index (χ3v) is 3.12. The second kappa shape index (κ2) is 3.47. The highest BCUT2D eigenvalue weighted by Gasteiger charge is 2.12. The number of hydrogen-bond donors (Lipinski definition) is 2. The number of nitrogens with one attached hydrogen (secondary N) is 2. The van der Waals surface area contributed by atoms with Crippen LogP contribution in [-0.2, 0) is 15.9 Å². The molecule has 0 fully saturated rings. The van der Waals surface area contributed by atoms with Crippen LogP contribution in [0, 0.1) is 0 Å². The molecule has 0 aliphatic carbocycles. The summed E-state index contributed by atoms with van der Waals surface area (Å²) in [6.45, 7) is 0. The first kappa shape index (κ1) is 9.57. The molecule has 1 heterocycles. The van der Waals surface area contributed by atoms with Crippen molar-refractivity contribution in [3.8, 4) is 0 Å². The molecule has 1 aromatic rings. The largest absolute Gasteiger partial charge is 0.363 e. The zero-order chi connectivity index (χ0) is 9.19. The predicted molar refractivity (Wildman–Crippen MR) is 46.6 cm³/mol. The van der Waals surface area contributed by atoms with Crippen LogP contribution in [0.2, 0.25) is 0 Å². The van der Waals surface area contributed by atoms with Crippen molar-refractivity contribution in [2.24, 2.45) is 0 Å². The van der Waals surface area contributed by atoms with Gasteiger partial charge in [0.2, 0.25) is 10.0 Å². The summed E-state index contributed by atoms with van der Waals surface area (Å²) in [5.74, 6) is 0.277. The van der Waals surface area contributed by atoms with Crippen LogP contribution in [0.4, 0.5) is 0 Å². The van der Waals surface area contributed by atoms with E-state index in [9.17, 15) is 8.42 Å². The minimum Gasteiger partial charge on any atom is -0.363 e. The molecule has 0 amide bonds. The van der Waals surface area contributed by atoms with E-state index in [1.807, 2.05) is 0 Å². The van der Waals surface area contributed by atoms with Crippen molar-refractivity contribution in [1.29, 1.82) is 0 Å². The highest BCUT2D eigenvalue weighted by Crippen LogP contribution is 2.11. The van der Waals surface area contributed by atoms with Crippen LogP contribution < -0.4 is 4.72 Å². The summed E-state index contributed by atoms with van der Waals surface area (Å²) in [6.07, 6.45) is 1.41. The van der Waals surface area contributed by atoms with E-state index in [0.29, 0.717) is 5.69 Å². The summed E-state index contributed by atoms with van der Waals surface area (Å²) >= 11 is 5.49. The van der Waals surface area contributed by atoms with Gasteiger partial charge < -0.3 is 4.98 Å². The van der Waals surface area contributed by atoms with Crippen LogP contribution in [0.5, 0.6) is 0 Å². The van der Waals surface area contributed by atoms with Crippen LogP contribution in [-0.4, -0.2) is 20.4 Å². The Labute approximate surface area is 76.0 Å². The lowest BCUT2D eigenvalue weighted by Gasteiger charge is -1.95. The molecule has 0 aliphatic rings. The Bertz CT molecular complexity index is 357. The Kier molecular flexibility index (Phi) is 2.76. The highest BCUT2D eigenvalue weighted by atomic mass is 35.5. The van der Waals surface area contributed by atoms with Gasteiger partial charge in [0.05, 0.1) is 10.8 Å². The molecule has 6 heteroatoms. The first-order valence-corrected chi connectivity index (χ1v) is 5.28. The van der Waals surface area contributed by atoms with Crippen LogP contribution in [0.25, 0.3) is 0 Å². The summed E-state index contributed by atoms with van der Waals surface area (Å²) in [7, 11) is -1.96. The van der Waals surface area contributed by atoms with Crippen molar-refractivity contribution < 1.29 is 8.42 Å². The molecule has 0 spiro atoms. The monoisotopic (exact) mass is 208 g/mol. The van der Waals surface area contributed by atoms with E-state index < -0.39 is 10.0 Å². The SMILES string of the molecule is CNS(=O)(=O)c1c[nH]c(CCl)c1. The summed E-state index contributed by atoms with van der Waals surface area (Å²) in [4.78, 5) is 2.95. The first-order valence-electron chi connectivity index (χ1n) is 3.27. The number of hydrogen-bond acceptors (Lipinski definition) is 2. The maximum atomic E-state index is 11.2. The van der Waals surface area contributed by atoms with Gasteiger partial charge in [-0.15, -0.1) is 11.6 Å². The molecule has 1 aromatic heterocycles. The summed E-state index contributed by atoms with van der Waals surface area (Å²) in [6, 6.07) is 1.50. The van der Waals surface area contributed by atoms with Gasteiger partial charge in [0.15, 0.2) is 0 Å². The Hall–Kier alpha value is -0.520. The van der Waals surface area contributed by atoms with E-state index in [4.69, 9.17) is 11.6 Å². The van der Waals surface area contributed by atoms with Gasteiger partial charge in [-0.3, -0.25) is 0 Å². The smallest absolute Gasteiger partial charge is 0.241 e. The maximum absolute atomic E-state index is 11.2. The molecule has 0 bridgehead atoms. The molecular weight excluding hydrogens is 200 g/mol. The van der Waals surface area contributed by atoms with Crippen molar-refractivity contribution in [3.63, 3.8) is 0 Å². The average Bonchev–Trinajstić information content (AvgIpc) is 2.52. The summed E-state index contributed by atoms with van der Waals surface area (Å²) in [5, 5.41) is 0. The van der Waals surface area contributed by atoms with Gasteiger partial charge >= 0.3 is 0 Å². The number of H-pyrrole nitrogens is 1. The molecule has 0 atom stereocenters. The molecule has 0 unspecified atom stereocenters. The number of aromatic amines is 1. The quantitative estimate of drug-likeness (QED) is 0.717. The van der Waals surface area contributed by atoms with Crippen LogP contribution >= 0.6 is 11.6 Å². The number of sulfonamides is 1. The van der Waals surface area contributed by atoms with Crippen molar-refractivity contribution in [1.82, 2.24) is 9.71 Å². The lowest BCUT2D eigenvalue weighted by atomic mass is 10.5. The normalized spacial score (nSPS) is 11.8. The molecule has 0 radical (unpaired) electrons. The molecule has 68 valence electrons. The molecule has 4 nitrogen and oxygen atoms in total. The number of halogens is 1. The van der Waals surface area contributed by atoms with E-state index in [0.717, 1.165) is 0 Å². The van der Waals surface area contributed by atoms with Crippen molar-refractivity contribution in [2.75, 3.05) is 7.05 Å². The number of rotatable bonds is 3. The second-order valence-electron chi connectivity index (χ2n) is 2.20. The van der Waals surface area contributed by atoms with Crippen LogP contribution in [0.1, 0.15) is 5.69 Å². The van der Waals surface area contributed by atoms with E-state index in [2.05, 4.69) is 9.71 Å². The Morgan fingerprint density at radius 1 is 1.67 bits per heavy atom. The lowest BCUT2D eigenvalue weighted by molar-refractivity contribution is 0.588. The fourth-order valence-electron chi connectivity index (χ4n) is 0.769. The highest BCUT2D eigenvalue weighted by molar-refractivity contribution is 7.89. The molecule has 0 saturated heterocycles. The molecule has 0 aliphatic heterocycles. The average molecular weight is 209 g/mol. The second-order valence-corrected chi connectivity index (χ2v) is 4.36. The molecule has 2 N–H and O–H groups in total. The van der Waals surface area contributed by atoms with Crippen LogP contribution in [0.15, 0.2) is 17.2 Å². The van der Waals surface area contributed by atoms with Crippen molar-refractivity contribution in [3.05, 3.63) is 18.0 Å². The summed E-state index contributed by atoms with van der Waals surface area (Å²) in [5.41, 5.74) is 0.686. The molecule has 0 aromatic carbocycles. The molecular formula is C6H9ClN2O2S. The van der Waals surface area contributed by atoms with Crippen LogP contribution in [0.3, 0.4) is 0 Å². The van der Waals surface area contributed by atoms with E-state index in [-0.39, 0.29) is 10.8 Å². The van der Waals surface area contributed by atoms with Gasteiger partial charge in [-0.25, -0.2) is 13.1 Å². The Balaban J connectivity index is 3.05. The van der Waals surface area contributed by atoms with Gasteiger partial charge in [0.1, 0.15) is 0 Å². The van der Waals surface area contributed by atoms with Crippen molar-refractivity contribution >= 4 is 21.6 Å². The van der Waals surface area contributed by atoms with E-state index in [1.165, 1.54) is 19.3 Å². The topological polar surface area (TPSA) is 62.0 Å². The number of aromatic nitrogens is 1. The van der Waals surface area contributed by atoms with E-state index >= 15 is 0 Å². The standard InChI is InChI=1S/C6H9ClN2O2S/c1-8-12(10,11)6-2-5(3-7)9-4-6/h2,4,8-9H,3H2,1H3. The fourth-order valence-corrected chi connectivity index (χ4v) is 1.67. The first-order chi connectivity index (χ1) is 5.60. The minimum absolute atomic E-state index is 0.209. The zero-order valence-corrected chi connectivity index (χ0v) is 8.04. The third-order valence-electron chi connectivity index (χ3n) is 1.44. The Morgan fingerprint density at radius 2 is 2.33 bits per heavy atom. The Morgan fingerprint density at radius 3 is 2.75 bits per heavy atom. The van der Waals surface area contributed by atoms with Gasteiger partial charge in [-0.1, -0.05) is 0 Å². The molecule has 12 heavy (non-hydrogen) atoms. The maximum Gasteiger partial charge on any atom is 0.241 e. The van der Waals surface area contributed by atoms with Gasteiger partial charge in [0.25, 0.3) is 0 Å². The number of alkyl halides is 1.